The van der Waals surface area contributed by atoms with Crippen LogP contribution in [0.5, 0.6) is 0 Å². The molecule has 3 aromatic rings. The van der Waals surface area contributed by atoms with Crippen LogP contribution in [-0.4, -0.2) is 50.5 Å². The molecule has 0 bridgehead atoms. The maximum Gasteiger partial charge on any atom is 0.320 e. The van der Waals surface area contributed by atoms with Gasteiger partial charge in [-0.25, -0.2) is 24.1 Å². The average Bonchev–Trinajstić information content (AvgIpc) is 3.32. The molecule has 4 rings (SSSR count). The standard InChI is InChI=1S/C22H25F2N7O/c1-2-25-22(32)30-21-18(23)15(5-8-26-21)13-31-11-6-14(7-12-31)16-3-4-17(29-19(16)24)20-27-9-10-28-20/h3-5,8-10,14H,2,6-7,11-13H2,1H3,(H,27,28)(H2,25,26,30,32). The molecule has 168 valence electrons. The number of nitrogens with zero attached hydrogens (tertiary/aromatic N) is 4. The minimum Gasteiger partial charge on any atom is -0.343 e. The van der Waals surface area contributed by atoms with E-state index in [2.05, 4.69) is 35.5 Å². The second-order valence-corrected chi connectivity index (χ2v) is 7.68. The van der Waals surface area contributed by atoms with Gasteiger partial charge in [-0.05, 0) is 50.9 Å². The van der Waals surface area contributed by atoms with Crippen molar-refractivity contribution < 1.29 is 13.6 Å². The van der Waals surface area contributed by atoms with Crippen molar-refractivity contribution in [3.05, 3.63) is 59.7 Å². The minimum absolute atomic E-state index is 0.0571. The summed E-state index contributed by atoms with van der Waals surface area (Å²) in [7, 11) is 0. The van der Waals surface area contributed by atoms with Crippen LogP contribution in [0.15, 0.2) is 36.8 Å². The van der Waals surface area contributed by atoms with Crippen LogP contribution < -0.4 is 10.6 Å². The number of carbonyl (C=O) groups excluding carboxylic acids is 1. The van der Waals surface area contributed by atoms with Crippen LogP contribution in [0.4, 0.5) is 19.4 Å². The number of piperidine rings is 1. The number of halogens is 2. The third-order valence-electron chi connectivity index (χ3n) is 5.58. The quantitative estimate of drug-likeness (QED) is 0.507. The molecule has 3 N–H and O–H groups in total. The zero-order valence-corrected chi connectivity index (χ0v) is 17.7. The number of urea groups is 1. The maximum atomic E-state index is 14.8. The Hall–Kier alpha value is -3.40. The van der Waals surface area contributed by atoms with E-state index in [1.165, 1.54) is 6.20 Å². The summed E-state index contributed by atoms with van der Waals surface area (Å²) in [6.45, 7) is 4.00. The number of aromatic amines is 1. The number of hydrogen-bond donors (Lipinski definition) is 3. The predicted molar refractivity (Wildman–Crippen MR) is 116 cm³/mol. The number of amides is 2. The van der Waals surface area contributed by atoms with E-state index < -0.39 is 17.8 Å². The van der Waals surface area contributed by atoms with E-state index in [0.717, 1.165) is 12.8 Å². The molecule has 32 heavy (non-hydrogen) atoms. The number of carbonyl (C=O) groups is 1. The Balaban J connectivity index is 1.37. The highest BCUT2D eigenvalue weighted by Crippen LogP contribution is 2.31. The van der Waals surface area contributed by atoms with Gasteiger partial charge in [0, 0.05) is 42.8 Å². The van der Waals surface area contributed by atoms with Gasteiger partial charge in [-0.3, -0.25) is 10.2 Å². The number of pyridine rings is 2. The van der Waals surface area contributed by atoms with E-state index in [0.29, 0.717) is 48.8 Å². The lowest BCUT2D eigenvalue weighted by atomic mass is 9.90. The second kappa shape index (κ2) is 9.82. The van der Waals surface area contributed by atoms with Gasteiger partial charge in [-0.2, -0.15) is 4.39 Å². The topological polar surface area (TPSA) is 98.8 Å². The third-order valence-corrected chi connectivity index (χ3v) is 5.58. The van der Waals surface area contributed by atoms with Gasteiger partial charge < -0.3 is 10.3 Å². The SMILES string of the molecule is CCNC(=O)Nc1nccc(CN2CCC(c3ccc(-c4ncc[nH]4)nc3F)CC2)c1F. The summed E-state index contributed by atoms with van der Waals surface area (Å²) in [6, 6.07) is 4.67. The summed E-state index contributed by atoms with van der Waals surface area (Å²) >= 11 is 0. The lowest BCUT2D eigenvalue weighted by Crippen LogP contribution is -2.33. The van der Waals surface area contributed by atoms with E-state index in [1.807, 2.05) is 0 Å². The predicted octanol–water partition coefficient (Wildman–Crippen LogP) is 3.67. The first-order valence-corrected chi connectivity index (χ1v) is 10.6. The lowest BCUT2D eigenvalue weighted by molar-refractivity contribution is 0.200. The Morgan fingerprint density at radius 2 is 2.00 bits per heavy atom. The molecule has 0 atom stereocenters. The normalized spacial score (nSPS) is 15.0. The number of likely N-dealkylation sites (tertiary alicyclic amines) is 1. The van der Waals surface area contributed by atoms with Gasteiger partial charge in [0.1, 0.15) is 5.69 Å². The van der Waals surface area contributed by atoms with Crippen molar-refractivity contribution in [2.24, 2.45) is 0 Å². The number of aromatic nitrogens is 4. The van der Waals surface area contributed by atoms with E-state index in [-0.39, 0.29) is 11.7 Å². The van der Waals surface area contributed by atoms with Gasteiger partial charge in [-0.1, -0.05) is 6.07 Å². The fraction of sp³-hybridized carbons (Fsp3) is 0.364. The number of hydrogen-bond acceptors (Lipinski definition) is 5. The van der Waals surface area contributed by atoms with Crippen molar-refractivity contribution >= 4 is 11.8 Å². The number of anilines is 1. The highest BCUT2D eigenvalue weighted by molar-refractivity contribution is 5.88. The monoisotopic (exact) mass is 441 g/mol. The van der Waals surface area contributed by atoms with Crippen LogP contribution in [0.3, 0.4) is 0 Å². The molecule has 2 amide bonds. The molecule has 0 aromatic carbocycles. The van der Waals surface area contributed by atoms with Crippen LogP contribution in [0, 0.1) is 11.8 Å². The highest BCUT2D eigenvalue weighted by Gasteiger charge is 2.25. The molecule has 1 aliphatic rings. The summed E-state index contributed by atoms with van der Waals surface area (Å²) in [6.07, 6.45) is 6.24. The van der Waals surface area contributed by atoms with Crippen LogP contribution in [-0.2, 0) is 6.54 Å². The molecule has 10 heteroatoms. The first kappa shape index (κ1) is 21.8. The van der Waals surface area contributed by atoms with E-state index >= 15 is 0 Å². The molecule has 0 spiro atoms. The number of nitrogens with one attached hydrogen (secondary N) is 3. The molecule has 0 aliphatic carbocycles. The van der Waals surface area contributed by atoms with Gasteiger partial charge >= 0.3 is 6.03 Å². The maximum absolute atomic E-state index is 14.8. The van der Waals surface area contributed by atoms with Crippen LogP contribution in [0.25, 0.3) is 11.5 Å². The highest BCUT2D eigenvalue weighted by atomic mass is 19.1. The van der Waals surface area contributed by atoms with Crippen molar-refractivity contribution in [2.45, 2.75) is 32.2 Å². The van der Waals surface area contributed by atoms with Crippen molar-refractivity contribution in [1.82, 2.24) is 30.2 Å². The smallest absolute Gasteiger partial charge is 0.320 e. The summed E-state index contributed by atoms with van der Waals surface area (Å²) in [4.78, 5) is 28.8. The van der Waals surface area contributed by atoms with Crippen LogP contribution in [0.1, 0.15) is 36.8 Å². The molecule has 1 saturated heterocycles. The molecule has 1 fully saturated rings. The first-order valence-electron chi connectivity index (χ1n) is 10.6. The second-order valence-electron chi connectivity index (χ2n) is 7.68. The van der Waals surface area contributed by atoms with Crippen molar-refractivity contribution in [2.75, 3.05) is 25.0 Å². The molecule has 0 saturated carbocycles. The van der Waals surface area contributed by atoms with Gasteiger partial charge in [0.15, 0.2) is 17.5 Å². The molecule has 0 unspecified atom stereocenters. The number of H-pyrrole nitrogens is 1. The first-order chi connectivity index (χ1) is 15.5. The van der Waals surface area contributed by atoms with Gasteiger partial charge in [0.2, 0.25) is 5.95 Å². The molecule has 8 nitrogen and oxygen atoms in total. The number of imidazole rings is 1. The summed E-state index contributed by atoms with van der Waals surface area (Å²) in [5, 5.41) is 4.98. The molecule has 1 aliphatic heterocycles. The molecule has 4 heterocycles. The Bertz CT molecular complexity index is 1070. The Morgan fingerprint density at radius 3 is 2.69 bits per heavy atom. The van der Waals surface area contributed by atoms with E-state index in [9.17, 15) is 13.6 Å². The van der Waals surface area contributed by atoms with Gasteiger partial charge in [0.05, 0.1) is 0 Å². The summed E-state index contributed by atoms with van der Waals surface area (Å²) in [5.74, 6) is -0.510. The van der Waals surface area contributed by atoms with E-state index in [1.54, 1.807) is 37.5 Å². The van der Waals surface area contributed by atoms with E-state index in [4.69, 9.17) is 0 Å². The zero-order chi connectivity index (χ0) is 22.5. The van der Waals surface area contributed by atoms with Crippen molar-refractivity contribution in [1.29, 1.82) is 0 Å². The largest absolute Gasteiger partial charge is 0.343 e. The zero-order valence-electron chi connectivity index (χ0n) is 17.7. The van der Waals surface area contributed by atoms with Gasteiger partial charge in [-0.15, -0.1) is 0 Å². The Labute approximate surface area is 184 Å². The fourth-order valence-electron chi connectivity index (χ4n) is 3.94. The summed E-state index contributed by atoms with van der Waals surface area (Å²) < 4.78 is 29.4. The molecular formula is C22H25F2N7O. The minimum atomic E-state index is -0.537. The van der Waals surface area contributed by atoms with Crippen molar-refractivity contribution in [3.63, 3.8) is 0 Å². The molecular weight excluding hydrogens is 416 g/mol. The average molecular weight is 441 g/mol. The molecule has 0 radical (unpaired) electrons. The number of rotatable bonds is 6. The fourth-order valence-corrected chi connectivity index (χ4v) is 3.94. The lowest BCUT2D eigenvalue weighted by Gasteiger charge is -2.32. The van der Waals surface area contributed by atoms with Crippen molar-refractivity contribution in [3.8, 4) is 11.5 Å². The summed E-state index contributed by atoms with van der Waals surface area (Å²) in [5.41, 5.74) is 1.53. The third kappa shape index (κ3) is 4.91. The van der Waals surface area contributed by atoms with Crippen LogP contribution in [0.2, 0.25) is 0 Å². The molecule has 3 aromatic heterocycles. The van der Waals surface area contributed by atoms with Gasteiger partial charge in [0.25, 0.3) is 0 Å². The Kier molecular flexibility index (Phi) is 6.69. The van der Waals surface area contributed by atoms with Crippen LogP contribution >= 0.6 is 0 Å². The Morgan fingerprint density at radius 1 is 1.19 bits per heavy atom.